The lowest BCUT2D eigenvalue weighted by atomic mass is 9.79. The van der Waals surface area contributed by atoms with Crippen molar-refractivity contribution >= 4 is 5.91 Å². The maximum Gasteiger partial charge on any atom is 0.250 e. The lowest BCUT2D eigenvalue weighted by Crippen LogP contribution is -2.66. The summed E-state index contributed by atoms with van der Waals surface area (Å²) in [6, 6.07) is 12.7. The van der Waals surface area contributed by atoms with E-state index in [2.05, 4.69) is 4.98 Å². The van der Waals surface area contributed by atoms with Crippen LogP contribution in [0.3, 0.4) is 0 Å². The predicted molar refractivity (Wildman–Crippen MR) is 97.8 cm³/mol. The standard InChI is InChI=1S/C21H23FN2O3/c22-18-7-4-10-23-20(18)26-11-8-17-9-12-27-21(17)14-24(15-21)19(25)13-16-5-2-1-3-6-16/h1-7,10,17H,8-9,11-15H2/t17-/m0/s1. The van der Waals surface area contributed by atoms with Gasteiger partial charge in [-0.1, -0.05) is 30.3 Å². The molecule has 2 aliphatic rings. The third kappa shape index (κ3) is 3.81. The van der Waals surface area contributed by atoms with E-state index < -0.39 is 5.82 Å². The molecule has 6 heteroatoms. The van der Waals surface area contributed by atoms with Gasteiger partial charge in [0.1, 0.15) is 5.60 Å². The number of amides is 1. The van der Waals surface area contributed by atoms with Crippen molar-refractivity contribution in [2.24, 2.45) is 5.92 Å². The number of ether oxygens (including phenoxy) is 2. The van der Waals surface area contributed by atoms with Gasteiger partial charge in [-0.05, 0) is 36.5 Å². The number of carbonyl (C=O) groups is 1. The van der Waals surface area contributed by atoms with E-state index in [9.17, 15) is 9.18 Å². The van der Waals surface area contributed by atoms with E-state index >= 15 is 0 Å². The van der Waals surface area contributed by atoms with Crippen LogP contribution in [0.15, 0.2) is 48.7 Å². The van der Waals surface area contributed by atoms with Crippen LogP contribution in [-0.2, 0) is 16.0 Å². The van der Waals surface area contributed by atoms with Gasteiger partial charge in [-0.3, -0.25) is 4.79 Å². The van der Waals surface area contributed by atoms with Gasteiger partial charge in [0.05, 0.1) is 26.1 Å². The first-order valence-electron chi connectivity index (χ1n) is 9.35. The second-order valence-electron chi connectivity index (χ2n) is 7.24. The van der Waals surface area contributed by atoms with Crippen LogP contribution in [-0.4, -0.2) is 47.7 Å². The molecule has 1 aromatic carbocycles. The number of pyridine rings is 1. The van der Waals surface area contributed by atoms with E-state index in [0.717, 1.165) is 18.4 Å². The average Bonchev–Trinajstić information content (AvgIpc) is 3.07. The number of carbonyl (C=O) groups excluding carboxylic acids is 1. The number of hydrogen-bond donors (Lipinski definition) is 0. The Morgan fingerprint density at radius 1 is 1.26 bits per heavy atom. The van der Waals surface area contributed by atoms with Crippen molar-refractivity contribution in [3.63, 3.8) is 0 Å². The van der Waals surface area contributed by atoms with Gasteiger partial charge >= 0.3 is 0 Å². The van der Waals surface area contributed by atoms with Crippen molar-refractivity contribution in [1.29, 1.82) is 0 Å². The number of halogens is 1. The van der Waals surface area contributed by atoms with E-state index in [1.807, 2.05) is 35.2 Å². The van der Waals surface area contributed by atoms with Crippen LogP contribution < -0.4 is 4.74 Å². The zero-order valence-corrected chi connectivity index (χ0v) is 15.1. The number of nitrogens with zero attached hydrogens (tertiary/aromatic N) is 2. The van der Waals surface area contributed by atoms with Gasteiger partial charge in [0.15, 0.2) is 5.82 Å². The van der Waals surface area contributed by atoms with Gasteiger partial charge in [-0.2, -0.15) is 0 Å². The number of aromatic nitrogens is 1. The highest BCUT2D eigenvalue weighted by Crippen LogP contribution is 2.41. The van der Waals surface area contributed by atoms with Gasteiger partial charge in [-0.25, -0.2) is 9.37 Å². The van der Waals surface area contributed by atoms with Gasteiger partial charge in [-0.15, -0.1) is 0 Å². The van der Waals surface area contributed by atoms with Crippen molar-refractivity contribution < 1.29 is 18.7 Å². The lowest BCUT2D eigenvalue weighted by molar-refractivity contribution is -0.165. The summed E-state index contributed by atoms with van der Waals surface area (Å²) in [6.07, 6.45) is 3.63. The summed E-state index contributed by atoms with van der Waals surface area (Å²) in [5, 5.41) is 0. The molecule has 0 radical (unpaired) electrons. The van der Waals surface area contributed by atoms with E-state index in [1.54, 1.807) is 0 Å². The molecule has 1 aromatic heterocycles. The third-order valence-corrected chi connectivity index (χ3v) is 5.50. The highest BCUT2D eigenvalue weighted by atomic mass is 19.1. The van der Waals surface area contributed by atoms with Crippen LogP contribution in [0, 0.1) is 11.7 Å². The summed E-state index contributed by atoms with van der Waals surface area (Å²) >= 11 is 0. The molecule has 0 unspecified atom stereocenters. The largest absolute Gasteiger partial charge is 0.476 e. The van der Waals surface area contributed by atoms with Crippen molar-refractivity contribution in [2.75, 3.05) is 26.3 Å². The fraction of sp³-hybridized carbons (Fsp3) is 0.429. The summed E-state index contributed by atoms with van der Waals surface area (Å²) in [7, 11) is 0. The van der Waals surface area contributed by atoms with E-state index in [0.29, 0.717) is 38.6 Å². The second-order valence-corrected chi connectivity index (χ2v) is 7.24. The number of likely N-dealkylation sites (tertiary alicyclic amines) is 1. The van der Waals surface area contributed by atoms with Crippen LogP contribution in [0.25, 0.3) is 0 Å². The molecule has 27 heavy (non-hydrogen) atoms. The Hall–Kier alpha value is -2.47. The molecule has 142 valence electrons. The van der Waals surface area contributed by atoms with Crippen LogP contribution in [0.5, 0.6) is 5.88 Å². The zero-order chi connectivity index (χ0) is 18.7. The van der Waals surface area contributed by atoms with Gasteiger partial charge in [0.25, 0.3) is 0 Å². The second kappa shape index (κ2) is 7.64. The Kier molecular flexibility index (Phi) is 5.07. The molecular formula is C21H23FN2O3. The van der Waals surface area contributed by atoms with Crippen molar-refractivity contribution in [1.82, 2.24) is 9.88 Å². The molecule has 2 aliphatic heterocycles. The molecule has 0 saturated carbocycles. The highest BCUT2D eigenvalue weighted by Gasteiger charge is 2.53. The van der Waals surface area contributed by atoms with Crippen molar-refractivity contribution in [2.45, 2.75) is 24.9 Å². The van der Waals surface area contributed by atoms with Gasteiger partial charge in [0, 0.05) is 12.8 Å². The highest BCUT2D eigenvalue weighted by molar-refractivity contribution is 5.80. The minimum Gasteiger partial charge on any atom is -0.476 e. The number of hydrogen-bond acceptors (Lipinski definition) is 4. The van der Waals surface area contributed by atoms with Crippen LogP contribution in [0.2, 0.25) is 0 Å². The SMILES string of the molecule is O=C(Cc1ccccc1)N1CC2(C1)OCC[C@@H]2CCOc1ncccc1F. The Balaban J connectivity index is 1.28. The Bertz CT molecular complexity index is 793. The molecule has 0 N–H and O–H groups in total. The summed E-state index contributed by atoms with van der Waals surface area (Å²) in [4.78, 5) is 18.2. The smallest absolute Gasteiger partial charge is 0.250 e. The molecule has 1 amide bonds. The van der Waals surface area contributed by atoms with E-state index in [-0.39, 0.29) is 17.4 Å². The average molecular weight is 370 g/mol. The minimum absolute atomic E-state index is 0.0405. The molecule has 3 heterocycles. The summed E-state index contributed by atoms with van der Waals surface area (Å²) < 4.78 is 25.1. The minimum atomic E-state index is -0.448. The topological polar surface area (TPSA) is 51.7 Å². The normalized spacial score (nSPS) is 20.5. The molecule has 2 aromatic rings. The molecule has 1 spiro atoms. The summed E-state index contributed by atoms with van der Waals surface area (Å²) in [6.45, 7) is 2.34. The van der Waals surface area contributed by atoms with Crippen LogP contribution in [0.4, 0.5) is 4.39 Å². The van der Waals surface area contributed by atoms with Gasteiger partial charge < -0.3 is 14.4 Å². The predicted octanol–water partition coefficient (Wildman–Crippen LogP) is 2.85. The molecule has 0 aliphatic carbocycles. The molecule has 5 nitrogen and oxygen atoms in total. The summed E-state index contributed by atoms with van der Waals surface area (Å²) in [5.74, 6) is 0.0351. The quantitative estimate of drug-likeness (QED) is 0.785. The molecule has 1 atom stereocenters. The van der Waals surface area contributed by atoms with Crippen molar-refractivity contribution in [3.8, 4) is 5.88 Å². The fourth-order valence-electron chi connectivity index (χ4n) is 3.98. The fourth-order valence-corrected chi connectivity index (χ4v) is 3.98. The van der Waals surface area contributed by atoms with E-state index in [1.165, 1.54) is 18.3 Å². The maximum absolute atomic E-state index is 13.6. The Labute approximate surface area is 158 Å². The molecule has 2 fully saturated rings. The molecular weight excluding hydrogens is 347 g/mol. The Morgan fingerprint density at radius 2 is 2.07 bits per heavy atom. The summed E-state index contributed by atoms with van der Waals surface area (Å²) in [5.41, 5.74) is 0.761. The third-order valence-electron chi connectivity index (χ3n) is 5.50. The molecule has 0 bridgehead atoms. The van der Waals surface area contributed by atoms with Crippen LogP contribution >= 0.6 is 0 Å². The first-order valence-corrected chi connectivity index (χ1v) is 9.35. The molecule has 4 rings (SSSR count). The lowest BCUT2D eigenvalue weighted by Gasteiger charge is -2.50. The zero-order valence-electron chi connectivity index (χ0n) is 15.1. The maximum atomic E-state index is 13.6. The van der Waals surface area contributed by atoms with Crippen LogP contribution in [0.1, 0.15) is 18.4 Å². The first kappa shape index (κ1) is 17.9. The monoisotopic (exact) mass is 370 g/mol. The Morgan fingerprint density at radius 3 is 2.85 bits per heavy atom. The van der Waals surface area contributed by atoms with Crippen molar-refractivity contribution in [3.05, 3.63) is 60.0 Å². The number of rotatable bonds is 6. The first-order chi connectivity index (χ1) is 13.2. The number of benzene rings is 1. The van der Waals surface area contributed by atoms with E-state index in [4.69, 9.17) is 9.47 Å². The molecule has 2 saturated heterocycles. The van der Waals surface area contributed by atoms with Gasteiger partial charge in [0.2, 0.25) is 11.8 Å².